The third-order valence-electron chi connectivity index (χ3n) is 5.09. The highest BCUT2D eigenvalue weighted by Crippen LogP contribution is 2.23. The minimum absolute atomic E-state index is 0.153. The van der Waals surface area contributed by atoms with E-state index in [9.17, 15) is 9.59 Å². The number of carbonyl (C=O) groups excluding carboxylic acids is 2. The number of nitrogens with zero attached hydrogens (tertiary/aromatic N) is 2. The van der Waals surface area contributed by atoms with Gasteiger partial charge in [-0.3, -0.25) is 10.1 Å². The van der Waals surface area contributed by atoms with E-state index in [1.54, 1.807) is 28.9 Å². The van der Waals surface area contributed by atoms with Crippen molar-refractivity contribution in [2.75, 3.05) is 31.0 Å². The lowest BCUT2D eigenvalue weighted by atomic mass is 10.1. The smallest absolute Gasteiger partial charge is 0.411 e. The van der Waals surface area contributed by atoms with Crippen LogP contribution in [0, 0.1) is 20.8 Å². The molecule has 1 heterocycles. The standard InChI is InChI=1S/C24H27ClN4O4/c1-15-8-9-20(13-22(15)25)29-17(3)21(16(2)28-29)14-23(30)26-18-6-5-7-19(12-18)27-24(31)33-11-10-32-4/h5-9,12-13H,10-11,14H2,1-4H3,(H,26,30)(H,27,31). The van der Waals surface area contributed by atoms with Gasteiger partial charge in [0, 0.05) is 34.8 Å². The fourth-order valence-corrected chi connectivity index (χ4v) is 3.48. The Hall–Kier alpha value is -3.36. The second-order valence-corrected chi connectivity index (χ2v) is 7.96. The first-order valence-corrected chi connectivity index (χ1v) is 10.8. The molecule has 0 aliphatic rings. The zero-order chi connectivity index (χ0) is 24.0. The van der Waals surface area contributed by atoms with Crippen molar-refractivity contribution >= 4 is 35.0 Å². The Kier molecular flexibility index (Phi) is 8.08. The number of aryl methyl sites for hydroxylation is 2. The highest BCUT2D eigenvalue weighted by molar-refractivity contribution is 6.31. The first kappa shape index (κ1) is 24.3. The summed E-state index contributed by atoms with van der Waals surface area (Å²) in [6, 6.07) is 12.6. The Balaban J connectivity index is 1.67. The molecule has 3 aromatic rings. The van der Waals surface area contributed by atoms with Gasteiger partial charge < -0.3 is 14.8 Å². The third kappa shape index (κ3) is 6.34. The third-order valence-corrected chi connectivity index (χ3v) is 5.50. The Bertz CT molecular complexity index is 1160. The van der Waals surface area contributed by atoms with Crippen LogP contribution >= 0.6 is 11.6 Å². The van der Waals surface area contributed by atoms with Crippen molar-refractivity contribution in [3.8, 4) is 5.69 Å². The second-order valence-electron chi connectivity index (χ2n) is 7.55. The summed E-state index contributed by atoms with van der Waals surface area (Å²) in [4.78, 5) is 24.5. The summed E-state index contributed by atoms with van der Waals surface area (Å²) in [7, 11) is 1.53. The number of benzene rings is 2. The number of anilines is 2. The van der Waals surface area contributed by atoms with Crippen LogP contribution in [-0.4, -0.2) is 42.1 Å². The Morgan fingerprint density at radius 2 is 1.76 bits per heavy atom. The predicted molar refractivity (Wildman–Crippen MR) is 128 cm³/mol. The zero-order valence-electron chi connectivity index (χ0n) is 19.1. The van der Waals surface area contributed by atoms with Crippen molar-refractivity contribution < 1.29 is 19.1 Å². The van der Waals surface area contributed by atoms with Crippen LogP contribution in [0.15, 0.2) is 42.5 Å². The van der Waals surface area contributed by atoms with E-state index in [4.69, 9.17) is 21.1 Å². The molecule has 0 radical (unpaired) electrons. The molecular weight excluding hydrogens is 444 g/mol. The van der Waals surface area contributed by atoms with Gasteiger partial charge in [0.25, 0.3) is 0 Å². The van der Waals surface area contributed by atoms with Gasteiger partial charge in [-0.15, -0.1) is 0 Å². The number of carbonyl (C=O) groups is 2. The van der Waals surface area contributed by atoms with Crippen molar-refractivity contribution in [3.63, 3.8) is 0 Å². The fourth-order valence-electron chi connectivity index (χ4n) is 3.31. The van der Waals surface area contributed by atoms with Crippen LogP contribution in [-0.2, 0) is 20.7 Å². The summed E-state index contributed by atoms with van der Waals surface area (Å²) in [6.45, 7) is 6.21. The van der Waals surface area contributed by atoms with Gasteiger partial charge in [-0.1, -0.05) is 23.7 Å². The van der Waals surface area contributed by atoms with Gasteiger partial charge in [-0.05, 0) is 56.7 Å². The van der Waals surface area contributed by atoms with Crippen LogP contribution in [0.1, 0.15) is 22.5 Å². The van der Waals surface area contributed by atoms with E-state index in [-0.39, 0.29) is 18.9 Å². The number of methoxy groups -OCH3 is 1. The quantitative estimate of drug-likeness (QED) is 0.460. The van der Waals surface area contributed by atoms with Crippen molar-refractivity contribution in [1.29, 1.82) is 0 Å². The lowest BCUT2D eigenvalue weighted by molar-refractivity contribution is -0.115. The highest BCUT2D eigenvalue weighted by atomic mass is 35.5. The maximum absolute atomic E-state index is 12.7. The van der Waals surface area contributed by atoms with Gasteiger partial charge in [0.2, 0.25) is 5.91 Å². The second kappa shape index (κ2) is 11.0. The Morgan fingerprint density at radius 1 is 1.03 bits per heavy atom. The molecule has 33 heavy (non-hydrogen) atoms. The summed E-state index contributed by atoms with van der Waals surface area (Å²) in [5.74, 6) is -0.192. The van der Waals surface area contributed by atoms with Crippen LogP contribution in [0.2, 0.25) is 5.02 Å². The first-order chi connectivity index (χ1) is 15.8. The number of rotatable bonds is 8. The Labute approximate surface area is 197 Å². The number of hydrogen-bond donors (Lipinski definition) is 2. The van der Waals surface area contributed by atoms with E-state index in [2.05, 4.69) is 15.7 Å². The molecule has 0 fully saturated rings. The molecule has 2 N–H and O–H groups in total. The number of amides is 2. The largest absolute Gasteiger partial charge is 0.447 e. The Morgan fingerprint density at radius 3 is 2.45 bits per heavy atom. The van der Waals surface area contributed by atoms with E-state index in [0.717, 1.165) is 28.2 Å². The molecule has 2 aromatic carbocycles. The van der Waals surface area contributed by atoms with Gasteiger partial charge in [0.15, 0.2) is 0 Å². The molecule has 0 atom stereocenters. The molecular formula is C24H27ClN4O4. The average Bonchev–Trinajstić information content (AvgIpc) is 3.04. The number of aromatic nitrogens is 2. The van der Waals surface area contributed by atoms with Crippen molar-refractivity contribution in [3.05, 3.63) is 70.0 Å². The number of halogens is 1. The van der Waals surface area contributed by atoms with Crippen LogP contribution in [0.4, 0.5) is 16.2 Å². The highest BCUT2D eigenvalue weighted by Gasteiger charge is 2.17. The molecule has 9 heteroatoms. The molecule has 1 aromatic heterocycles. The molecule has 0 unspecified atom stereocenters. The predicted octanol–water partition coefficient (Wildman–Crippen LogP) is 4.83. The molecule has 0 saturated heterocycles. The van der Waals surface area contributed by atoms with Crippen LogP contribution in [0.25, 0.3) is 5.69 Å². The molecule has 174 valence electrons. The SMILES string of the molecule is COCCOC(=O)Nc1cccc(NC(=O)Cc2c(C)nn(-c3ccc(C)c(Cl)c3)c2C)c1. The van der Waals surface area contributed by atoms with E-state index >= 15 is 0 Å². The van der Waals surface area contributed by atoms with Crippen molar-refractivity contribution in [2.24, 2.45) is 0 Å². The summed E-state index contributed by atoms with van der Waals surface area (Å²) >= 11 is 6.27. The summed E-state index contributed by atoms with van der Waals surface area (Å²) in [6.07, 6.45) is -0.432. The molecule has 0 spiro atoms. The fraction of sp³-hybridized carbons (Fsp3) is 0.292. The molecule has 0 bridgehead atoms. The normalized spacial score (nSPS) is 10.7. The molecule has 0 saturated carbocycles. The maximum Gasteiger partial charge on any atom is 0.411 e. The maximum atomic E-state index is 12.7. The molecule has 2 amide bonds. The van der Waals surface area contributed by atoms with Crippen LogP contribution < -0.4 is 10.6 Å². The van der Waals surface area contributed by atoms with E-state index in [1.165, 1.54) is 7.11 Å². The minimum atomic E-state index is -0.592. The molecule has 3 rings (SSSR count). The van der Waals surface area contributed by atoms with Gasteiger partial charge in [-0.2, -0.15) is 5.10 Å². The molecule has 0 aliphatic carbocycles. The van der Waals surface area contributed by atoms with Crippen LogP contribution in [0.3, 0.4) is 0 Å². The molecule has 8 nitrogen and oxygen atoms in total. The zero-order valence-corrected chi connectivity index (χ0v) is 19.8. The molecule has 0 aliphatic heterocycles. The number of hydrogen-bond acceptors (Lipinski definition) is 5. The van der Waals surface area contributed by atoms with E-state index in [1.807, 2.05) is 39.0 Å². The minimum Gasteiger partial charge on any atom is -0.447 e. The van der Waals surface area contributed by atoms with Crippen LogP contribution in [0.5, 0.6) is 0 Å². The summed E-state index contributed by atoms with van der Waals surface area (Å²) in [5.41, 5.74) is 5.38. The van der Waals surface area contributed by atoms with Crippen molar-refractivity contribution in [1.82, 2.24) is 9.78 Å². The van der Waals surface area contributed by atoms with E-state index < -0.39 is 6.09 Å². The number of ether oxygens (including phenoxy) is 2. The summed E-state index contributed by atoms with van der Waals surface area (Å²) in [5, 5.41) is 10.7. The van der Waals surface area contributed by atoms with Gasteiger partial charge in [0.05, 0.1) is 24.4 Å². The monoisotopic (exact) mass is 470 g/mol. The first-order valence-electron chi connectivity index (χ1n) is 10.4. The topological polar surface area (TPSA) is 94.5 Å². The van der Waals surface area contributed by atoms with Gasteiger partial charge in [0.1, 0.15) is 6.61 Å². The van der Waals surface area contributed by atoms with Gasteiger partial charge in [-0.25, -0.2) is 9.48 Å². The van der Waals surface area contributed by atoms with Gasteiger partial charge >= 0.3 is 6.09 Å². The lowest BCUT2D eigenvalue weighted by Crippen LogP contribution is -2.17. The summed E-state index contributed by atoms with van der Waals surface area (Å²) < 4.78 is 11.6. The van der Waals surface area contributed by atoms with Crippen molar-refractivity contribution in [2.45, 2.75) is 27.2 Å². The lowest BCUT2D eigenvalue weighted by Gasteiger charge is -2.10. The van der Waals surface area contributed by atoms with E-state index in [0.29, 0.717) is 23.0 Å². The number of nitrogens with one attached hydrogen (secondary N) is 2. The average molecular weight is 471 g/mol.